The van der Waals surface area contributed by atoms with Crippen LogP contribution in [0.1, 0.15) is 70.6 Å². The Balaban J connectivity index is 1.58. The Kier molecular flexibility index (Phi) is 10.9. The number of carbonyl (C=O) groups excluding carboxylic acids is 1. The van der Waals surface area contributed by atoms with E-state index in [2.05, 4.69) is 4.74 Å². The topological polar surface area (TPSA) is 46.5 Å². The number of benzene rings is 1. The van der Waals surface area contributed by atoms with Crippen molar-refractivity contribution >= 4 is 17.7 Å². The zero-order valence-corrected chi connectivity index (χ0v) is 17.9. The summed E-state index contributed by atoms with van der Waals surface area (Å²) in [5.74, 6) is 1.75. The van der Waals surface area contributed by atoms with Crippen molar-refractivity contribution < 1.29 is 19.0 Å². The highest BCUT2D eigenvalue weighted by atomic mass is 32.2. The lowest BCUT2D eigenvalue weighted by molar-refractivity contribution is -0.140. The summed E-state index contributed by atoms with van der Waals surface area (Å²) in [6, 6.07) is 6.75. The van der Waals surface area contributed by atoms with Gasteiger partial charge in [0.25, 0.3) is 0 Å². The number of rotatable bonds is 13. The molecule has 0 aromatic heterocycles. The van der Waals surface area contributed by atoms with Crippen LogP contribution < -0.4 is 0 Å². The molecule has 5 heteroatoms. The standard InChI is InChI=1S/C23H35FO3S/c1-27-23(26)14-5-3-2-4-9-18-10-8-11-19(18)15-16-20(25)17-28-22-13-7-6-12-21(22)24/h6-7,12-13,18-20,25H,2-5,8-11,14-17H2,1H3/t18-,19+,20+/m0/s1. The number of hydrogen-bond donors (Lipinski definition) is 1. The first-order valence-corrected chi connectivity index (χ1v) is 11.7. The van der Waals surface area contributed by atoms with Gasteiger partial charge in [-0.25, -0.2) is 4.39 Å². The Hall–Kier alpha value is -1.07. The minimum atomic E-state index is -0.371. The molecule has 1 N–H and O–H groups in total. The summed E-state index contributed by atoms with van der Waals surface area (Å²) in [7, 11) is 1.44. The lowest BCUT2D eigenvalue weighted by Gasteiger charge is -2.21. The largest absolute Gasteiger partial charge is 0.469 e. The minimum Gasteiger partial charge on any atom is -0.469 e. The average molecular weight is 411 g/mol. The van der Waals surface area contributed by atoms with Crippen LogP contribution in [0.15, 0.2) is 29.2 Å². The molecule has 0 bridgehead atoms. The third-order valence-corrected chi connectivity index (χ3v) is 7.08. The smallest absolute Gasteiger partial charge is 0.305 e. The van der Waals surface area contributed by atoms with Gasteiger partial charge < -0.3 is 9.84 Å². The average Bonchev–Trinajstić information content (AvgIpc) is 3.15. The molecule has 1 fully saturated rings. The molecular weight excluding hydrogens is 375 g/mol. The monoisotopic (exact) mass is 410 g/mol. The molecule has 28 heavy (non-hydrogen) atoms. The molecule has 1 aliphatic rings. The Labute approximate surface area is 173 Å². The molecule has 0 heterocycles. The molecule has 1 saturated carbocycles. The summed E-state index contributed by atoms with van der Waals surface area (Å²) in [6.07, 6.45) is 11.6. The molecule has 3 atom stereocenters. The lowest BCUT2D eigenvalue weighted by atomic mass is 9.87. The fraction of sp³-hybridized carbons (Fsp3) is 0.696. The number of halogens is 1. The van der Waals surface area contributed by atoms with Crippen LogP contribution in [-0.2, 0) is 9.53 Å². The highest BCUT2D eigenvalue weighted by molar-refractivity contribution is 7.99. The number of ether oxygens (including phenoxy) is 1. The van der Waals surface area contributed by atoms with Crippen molar-refractivity contribution in [3.05, 3.63) is 30.1 Å². The second-order valence-corrected chi connectivity index (χ2v) is 9.01. The van der Waals surface area contributed by atoms with E-state index in [0.29, 0.717) is 17.1 Å². The number of hydrogen-bond acceptors (Lipinski definition) is 4. The van der Waals surface area contributed by atoms with Gasteiger partial charge in [-0.1, -0.05) is 57.1 Å². The summed E-state index contributed by atoms with van der Waals surface area (Å²) < 4.78 is 18.3. The van der Waals surface area contributed by atoms with Crippen LogP contribution in [0.4, 0.5) is 4.39 Å². The maximum absolute atomic E-state index is 13.7. The first kappa shape index (κ1) is 23.2. The van der Waals surface area contributed by atoms with Crippen molar-refractivity contribution in [3.8, 4) is 0 Å². The fourth-order valence-electron chi connectivity index (χ4n) is 4.24. The number of carbonyl (C=O) groups is 1. The molecule has 3 nitrogen and oxygen atoms in total. The number of aliphatic hydroxyl groups excluding tert-OH is 1. The molecular formula is C23H35FO3S. The second kappa shape index (κ2) is 13.2. The van der Waals surface area contributed by atoms with Crippen molar-refractivity contribution in [2.75, 3.05) is 12.9 Å². The molecule has 0 spiro atoms. The van der Waals surface area contributed by atoms with Gasteiger partial charge >= 0.3 is 5.97 Å². The summed E-state index contributed by atoms with van der Waals surface area (Å²) in [5, 5.41) is 10.3. The molecule has 1 aliphatic carbocycles. The molecule has 2 rings (SSSR count). The molecule has 0 amide bonds. The first-order valence-electron chi connectivity index (χ1n) is 10.7. The third kappa shape index (κ3) is 8.52. The van der Waals surface area contributed by atoms with Gasteiger partial charge in [0, 0.05) is 17.1 Å². The number of methoxy groups -OCH3 is 1. The fourth-order valence-corrected chi connectivity index (χ4v) is 5.16. The van der Waals surface area contributed by atoms with Gasteiger partial charge in [-0.15, -0.1) is 11.8 Å². The second-order valence-electron chi connectivity index (χ2n) is 7.95. The van der Waals surface area contributed by atoms with Crippen LogP contribution in [0.25, 0.3) is 0 Å². The molecule has 0 unspecified atom stereocenters. The summed E-state index contributed by atoms with van der Waals surface area (Å²) >= 11 is 1.41. The minimum absolute atomic E-state index is 0.109. The van der Waals surface area contributed by atoms with Crippen LogP contribution >= 0.6 is 11.8 Å². The normalized spacial score (nSPS) is 20.2. The maximum Gasteiger partial charge on any atom is 0.305 e. The van der Waals surface area contributed by atoms with Gasteiger partial charge in [-0.3, -0.25) is 4.79 Å². The van der Waals surface area contributed by atoms with E-state index in [4.69, 9.17) is 0 Å². The summed E-state index contributed by atoms with van der Waals surface area (Å²) in [6.45, 7) is 0. The number of esters is 1. The van der Waals surface area contributed by atoms with E-state index in [1.54, 1.807) is 12.1 Å². The highest BCUT2D eigenvalue weighted by Gasteiger charge is 2.27. The number of unbranched alkanes of at least 4 members (excludes halogenated alkanes) is 3. The van der Waals surface area contributed by atoms with Gasteiger partial charge in [0.05, 0.1) is 13.2 Å². The molecule has 1 aromatic rings. The Bertz CT molecular complexity index is 581. The summed E-state index contributed by atoms with van der Waals surface area (Å²) in [5.41, 5.74) is 0. The van der Waals surface area contributed by atoms with Crippen molar-refractivity contribution in [2.24, 2.45) is 11.8 Å². The van der Waals surface area contributed by atoms with E-state index in [1.165, 1.54) is 63.5 Å². The van der Waals surface area contributed by atoms with Gasteiger partial charge in [-0.05, 0) is 43.2 Å². The van der Waals surface area contributed by atoms with E-state index in [0.717, 1.165) is 37.5 Å². The van der Waals surface area contributed by atoms with E-state index >= 15 is 0 Å². The number of thioether (sulfide) groups is 1. The van der Waals surface area contributed by atoms with Crippen LogP contribution in [0, 0.1) is 17.7 Å². The SMILES string of the molecule is COC(=O)CCCCCC[C@H]1CCC[C@@H]1CC[C@@H](O)CSc1ccccc1F. The highest BCUT2D eigenvalue weighted by Crippen LogP contribution is 2.38. The van der Waals surface area contributed by atoms with Crippen LogP contribution in [0.5, 0.6) is 0 Å². The van der Waals surface area contributed by atoms with Crippen molar-refractivity contribution in [1.82, 2.24) is 0 Å². The van der Waals surface area contributed by atoms with E-state index < -0.39 is 0 Å². The van der Waals surface area contributed by atoms with Crippen LogP contribution in [-0.4, -0.2) is 30.0 Å². The Morgan fingerprint density at radius 3 is 2.64 bits per heavy atom. The third-order valence-electron chi connectivity index (χ3n) is 5.89. The van der Waals surface area contributed by atoms with Crippen molar-refractivity contribution in [2.45, 2.75) is 81.6 Å². The molecule has 0 radical (unpaired) electrons. The van der Waals surface area contributed by atoms with Crippen LogP contribution in [0.3, 0.4) is 0 Å². The number of aliphatic hydroxyl groups is 1. The molecule has 0 saturated heterocycles. The van der Waals surface area contributed by atoms with E-state index in [9.17, 15) is 14.3 Å². The van der Waals surface area contributed by atoms with E-state index in [1.807, 2.05) is 6.07 Å². The Morgan fingerprint density at radius 2 is 1.89 bits per heavy atom. The van der Waals surface area contributed by atoms with Crippen LogP contribution in [0.2, 0.25) is 0 Å². The predicted molar refractivity (Wildman–Crippen MR) is 113 cm³/mol. The zero-order chi connectivity index (χ0) is 20.2. The van der Waals surface area contributed by atoms with Crippen molar-refractivity contribution in [1.29, 1.82) is 0 Å². The van der Waals surface area contributed by atoms with Gasteiger partial charge in [0.2, 0.25) is 0 Å². The van der Waals surface area contributed by atoms with Gasteiger partial charge in [0.15, 0.2) is 0 Å². The van der Waals surface area contributed by atoms with Crippen molar-refractivity contribution in [3.63, 3.8) is 0 Å². The van der Waals surface area contributed by atoms with Gasteiger partial charge in [-0.2, -0.15) is 0 Å². The van der Waals surface area contributed by atoms with E-state index in [-0.39, 0.29) is 17.9 Å². The Morgan fingerprint density at radius 1 is 1.18 bits per heavy atom. The molecule has 158 valence electrons. The lowest BCUT2D eigenvalue weighted by Crippen LogP contribution is -2.15. The first-order chi connectivity index (χ1) is 13.6. The predicted octanol–water partition coefficient (Wildman–Crippen LogP) is 5.99. The zero-order valence-electron chi connectivity index (χ0n) is 17.1. The molecule has 0 aliphatic heterocycles. The quantitative estimate of drug-likeness (QED) is 0.246. The maximum atomic E-state index is 13.7. The molecule has 1 aromatic carbocycles. The summed E-state index contributed by atoms with van der Waals surface area (Å²) in [4.78, 5) is 11.7. The van der Waals surface area contributed by atoms with Gasteiger partial charge in [0.1, 0.15) is 5.82 Å².